The van der Waals surface area contributed by atoms with E-state index < -0.39 is 6.55 Å². The van der Waals surface area contributed by atoms with Crippen molar-refractivity contribution in [3.05, 3.63) is 17.0 Å². The van der Waals surface area contributed by atoms with E-state index >= 15 is 0 Å². The number of nitrogens with one attached hydrogen (secondary N) is 1. The number of likely N-dealkylation sites (tertiary alicyclic amines) is 1. The van der Waals surface area contributed by atoms with E-state index in [4.69, 9.17) is 0 Å². The minimum absolute atomic E-state index is 0.00987. The molecule has 0 unspecified atom stereocenters. The molecule has 5 nitrogen and oxygen atoms in total. The summed E-state index contributed by atoms with van der Waals surface area (Å²) in [4.78, 5) is 14.4. The molecule has 24 heavy (non-hydrogen) atoms. The Morgan fingerprint density at radius 3 is 2.46 bits per heavy atom. The Labute approximate surface area is 141 Å². The monoisotopic (exact) mass is 340 g/mol. The molecule has 2 aliphatic rings. The van der Waals surface area contributed by atoms with Crippen LogP contribution in [0.3, 0.4) is 0 Å². The third kappa shape index (κ3) is 3.94. The highest BCUT2D eigenvalue weighted by molar-refractivity contribution is 5.79. The average Bonchev–Trinajstić information content (AvgIpc) is 3.34. The largest absolute Gasteiger partial charge is 0.342 e. The van der Waals surface area contributed by atoms with Gasteiger partial charge in [0.1, 0.15) is 0 Å². The Hall–Kier alpha value is -1.50. The third-order valence-corrected chi connectivity index (χ3v) is 5.23. The van der Waals surface area contributed by atoms with E-state index in [-0.39, 0.29) is 12.3 Å². The van der Waals surface area contributed by atoms with Crippen molar-refractivity contribution in [2.24, 2.45) is 5.92 Å². The number of nitrogens with zero attached hydrogens (tertiary/aromatic N) is 3. The topological polar surface area (TPSA) is 50.2 Å². The van der Waals surface area contributed by atoms with Crippen LogP contribution in [0.5, 0.6) is 0 Å². The second kappa shape index (κ2) is 7.17. The van der Waals surface area contributed by atoms with Crippen LogP contribution >= 0.6 is 0 Å². The lowest BCUT2D eigenvalue weighted by Gasteiger charge is -2.32. The predicted molar refractivity (Wildman–Crippen MR) is 87.0 cm³/mol. The van der Waals surface area contributed by atoms with Gasteiger partial charge >= 0.3 is 6.55 Å². The van der Waals surface area contributed by atoms with Gasteiger partial charge in [-0.05, 0) is 52.0 Å². The maximum Gasteiger partial charge on any atom is 0.333 e. The van der Waals surface area contributed by atoms with Crippen LogP contribution in [0.25, 0.3) is 0 Å². The minimum atomic E-state index is -2.67. The molecule has 3 rings (SSSR count). The third-order valence-electron chi connectivity index (χ3n) is 5.23. The number of hydrogen-bond acceptors (Lipinski definition) is 3. The van der Waals surface area contributed by atoms with E-state index in [0.29, 0.717) is 27.7 Å². The first kappa shape index (κ1) is 17.3. The highest BCUT2D eigenvalue weighted by atomic mass is 19.3. The van der Waals surface area contributed by atoms with E-state index in [0.717, 1.165) is 38.4 Å². The number of halogens is 2. The SMILES string of the molecule is Cc1nn(C(F)F)c(C)c1CC(=O)N1CCC(NCC2CC2)CC1. The van der Waals surface area contributed by atoms with E-state index in [9.17, 15) is 13.6 Å². The molecule has 1 amide bonds. The molecule has 0 radical (unpaired) electrons. The van der Waals surface area contributed by atoms with Gasteiger partial charge in [-0.15, -0.1) is 0 Å². The van der Waals surface area contributed by atoms with E-state index in [1.807, 2.05) is 4.90 Å². The highest BCUT2D eigenvalue weighted by Crippen LogP contribution is 2.28. The van der Waals surface area contributed by atoms with Gasteiger partial charge in [0.15, 0.2) is 0 Å². The van der Waals surface area contributed by atoms with Crippen molar-refractivity contribution >= 4 is 5.91 Å². The van der Waals surface area contributed by atoms with Crippen molar-refractivity contribution in [2.75, 3.05) is 19.6 Å². The van der Waals surface area contributed by atoms with E-state index in [2.05, 4.69) is 10.4 Å². The summed E-state index contributed by atoms with van der Waals surface area (Å²) < 4.78 is 26.5. The zero-order valence-electron chi connectivity index (χ0n) is 14.4. The van der Waals surface area contributed by atoms with Crippen LogP contribution in [0.15, 0.2) is 0 Å². The number of hydrogen-bond donors (Lipinski definition) is 1. The van der Waals surface area contributed by atoms with Crippen molar-refractivity contribution in [3.8, 4) is 0 Å². The van der Waals surface area contributed by atoms with E-state index in [1.165, 1.54) is 12.8 Å². The number of aromatic nitrogens is 2. The van der Waals surface area contributed by atoms with Gasteiger partial charge in [-0.1, -0.05) is 0 Å². The summed E-state index contributed by atoms with van der Waals surface area (Å²) in [6.07, 6.45) is 4.77. The lowest BCUT2D eigenvalue weighted by atomic mass is 10.0. The molecule has 0 spiro atoms. The first-order valence-corrected chi connectivity index (χ1v) is 8.79. The standard InChI is InChI=1S/C17H26F2N4O/c1-11-15(12(2)23(21-11)17(18)19)9-16(24)22-7-5-14(6-8-22)20-10-13-3-4-13/h13-14,17,20H,3-10H2,1-2H3. The van der Waals surface area contributed by atoms with Crippen molar-refractivity contribution in [3.63, 3.8) is 0 Å². The number of piperidine rings is 1. The van der Waals surface area contributed by atoms with Gasteiger partial charge in [0.25, 0.3) is 0 Å². The number of aryl methyl sites for hydroxylation is 1. The Morgan fingerprint density at radius 2 is 1.92 bits per heavy atom. The van der Waals surface area contributed by atoms with Gasteiger partial charge < -0.3 is 10.2 Å². The predicted octanol–water partition coefficient (Wildman–Crippen LogP) is 2.43. The van der Waals surface area contributed by atoms with Crippen LogP contribution in [-0.4, -0.2) is 46.3 Å². The molecule has 0 bridgehead atoms. The number of carbonyl (C=O) groups is 1. The second-order valence-electron chi connectivity index (χ2n) is 7.06. The summed E-state index contributed by atoms with van der Waals surface area (Å²) in [5, 5.41) is 7.44. The molecule has 2 heterocycles. The quantitative estimate of drug-likeness (QED) is 0.865. The van der Waals surface area contributed by atoms with Crippen molar-refractivity contribution < 1.29 is 13.6 Å². The smallest absolute Gasteiger partial charge is 0.333 e. The molecule has 1 saturated carbocycles. The van der Waals surface area contributed by atoms with Crippen molar-refractivity contribution in [2.45, 2.75) is 58.5 Å². The molecule has 1 aromatic heterocycles. The van der Waals surface area contributed by atoms with Crippen LogP contribution in [0.1, 0.15) is 49.2 Å². The van der Waals surface area contributed by atoms with Crippen LogP contribution < -0.4 is 5.32 Å². The van der Waals surface area contributed by atoms with Crippen LogP contribution in [0, 0.1) is 19.8 Å². The fourth-order valence-corrected chi connectivity index (χ4v) is 3.39. The van der Waals surface area contributed by atoms with Gasteiger partial charge in [-0.3, -0.25) is 4.79 Å². The molecular formula is C17H26F2N4O. The summed E-state index contributed by atoms with van der Waals surface area (Å²) in [5.41, 5.74) is 1.54. The van der Waals surface area contributed by atoms with Crippen molar-refractivity contribution in [1.82, 2.24) is 20.0 Å². The molecule has 0 atom stereocenters. The summed E-state index contributed by atoms with van der Waals surface area (Å²) >= 11 is 0. The van der Waals surface area contributed by atoms with Gasteiger partial charge in [0, 0.05) is 30.4 Å². The summed E-state index contributed by atoms with van der Waals surface area (Å²) in [6.45, 7) is 3.19. The Balaban J connectivity index is 1.52. The molecule has 1 aliphatic heterocycles. The molecule has 2 fully saturated rings. The molecule has 1 aromatic rings. The van der Waals surface area contributed by atoms with Gasteiger partial charge in [-0.25, -0.2) is 4.68 Å². The van der Waals surface area contributed by atoms with Crippen LogP contribution in [0.4, 0.5) is 8.78 Å². The Bertz CT molecular complexity index is 590. The van der Waals surface area contributed by atoms with Gasteiger partial charge in [-0.2, -0.15) is 13.9 Å². The number of carbonyl (C=O) groups excluding carboxylic acids is 1. The molecule has 134 valence electrons. The fraction of sp³-hybridized carbons (Fsp3) is 0.765. The Morgan fingerprint density at radius 1 is 1.25 bits per heavy atom. The zero-order valence-corrected chi connectivity index (χ0v) is 14.4. The molecule has 1 aliphatic carbocycles. The van der Waals surface area contributed by atoms with Crippen LogP contribution in [-0.2, 0) is 11.2 Å². The zero-order chi connectivity index (χ0) is 17.3. The first-order valence-electron chi connectivity index (χ1n) is 8.79. The maximum atomic E-state index is 12.9. The normalized spacial score (nSPS) is 19.3. The molecule has 7 heteroatoms. The highest BCUT2D eigenvalue weighted by Gasteiger charge is 2.27. The molecule has 0 aromatic carbocycles. The number of rotatable bonds is 6. The molecule has 1 saturated heterocycles. The lowest BCUT2D eigenvalue weighted by molar-refractivity contribution is -0.131. The fourth-order valence-electron chi connectivity index (χ4n) is 3.39. The minimum Gasteiger partial charge on any atom is -0.342 e. The van der Waals surface area contributed by atoms with Crippen LogP contribution in [0.2, 0.25) is 0 Å². The molecular weight excluding hydrogens is 314 g/mol. The average molecular weight is 340 g/mol. The molecule has 1 N–H and O–H groups in total. The maximum absolute atomic E-state index is 12.9. The summed E-state index contributed by atoms with van der Waals surface area (Å²) in [6, 6.07) is 0.500. The van der Waals surface area contributed by atoms with Crippen molar-refractivity contribution in [1.29, 1.82) is 0 Å². The van der Waals surface area contributed by atoms with Gasteiger partial charge in [0.05, 0.1) is 12.1 Å². The number of amides is 1. The van der Waals surface area contributed by atoms with E-state index in [1.54, 1.807) is 13.8 Å². The lowest BCUT2D eigenvalue weighted by Crippen LogP contribution is -2.45. The first-order chi connectivity index (χ1) is 11.5. The summed E-state index contributed by atoms with van der Waals surface area (Å²) in [5.74, 6) is 0.873. The second-order valence-corrected chi connectivity index (χ2v) is 7.06. The van der Waals surface area contributed by atoms with Gasteiger partial charge in [0.2, 0.25) is 5.91 Å². The Kier molecular flexibility index (Phi) is 5.18. The number of alkyl halides is 2. The summed E-state index contributed by atoms with van der Waals surface area (Å²) in [7, 11) is 0.